The molecule has 6 heteroatoms. The van der Waals surface area contributed by atoms with Crippen LogP contribution in [0.15, 0.2) is 0 Å². The van der Waals surface area contributed by atoms with Crippen LogP contribution in [0.2, 0.25) is 0 Å². The maximum atomic E-state index is 9.19. The van der Waals surface area contributed by atoms with E-state index in [1.165, 1.54) is 0 Å². The minimum atomic E-state index is -0.551. The van der Waals surface area contributed by atoms with E-state index in [1.54, 1.807) is 0 Å². The fourth-order valence-electron chi connectivity index (χ4n) is 2.09. The molecule has 0 radical (unpaired) electrons. The highest BCUT2D eigenvalue weighted by atomic mass is 32.3. The maximum absolute atomic E-state index is 9.19. The molecule has 0 amide bonds. The molecule has 0 aliphatic carbocycles. The summed E-state index contributed by atoms with van der Waals surface area (Å²) in [5.74, 6) is 1.05. The lowest BCUT2D eigenvalue weighted by Crippen LogP contribution is -2.52. The van der Waals surface area contributed by atoms with E-state index in [0.717, 1.165) is 5.75 Å². The summed E-state index contributed by atoms with van der Waals surface area (Å²) in [5.41, 5.74) is 6.04. The van der Waals surface area contributed by atoms with Crippen LogP contribution in [0.25, 0.3) is 0 Å². The molecule has 0 aromatic carbocycles. The standard InChI is InChI=1S/C11H24N2O3S/c1-17(2,3)5-4-15-11-8(12)10-9(13-10)7(6-14)16-11/h7-11,13-14H,4-6,12H2,1-3H3. The van der Waals surface area contributed by atoms with E-state index in [4.69, 9.17) is 15.2 Å². The first kappa shape index (κ1) is 13.6. The first-order valence-electron chi connectivity index (χ1n) is 5.98. The Kier molecular flexibility index (Phi) is 4.02. The second-order valence-electron chi connectivity index (χ2n) is 5.69. The predicted octanol–water partition coefficient (Wildman–Crippen LogP) is -0.918. The van der Waals surface area contributed by atoms with Crippen molar-refractivity contribution in [3.05, 3.63) is 0 Å². The Morgan fingerprint density at radius 3 is 2.65 bits per heavy atom. The summed E-state index contributed by atoms with van der Waals surface area (Å²) in [7, 11) is -0.551. The predicted molar refractivity (Wildman–Crippen MR) is 70.6 cm³/mol. The zero-order valence-electron chi connectivity index (χ0n) is 10.8. The van der Waals surface area contributed by atoms with Gasteiger partial charge in [-0.15, -0.1) is 0 Å². The Bertz CT molecular complexity index is 272. The molecule has 102 valence electrons. The van der Waals surface area contributed by atoms with Gasteiger partial charge in [-0.1, -0.05) is 0 Å². The molecule has 5 atom stereocenters. The molecule has 2 aliphatic heterocycles. The van der Waals surface area contributed by atoms with Gasteiger partial charge in [0.05, 0.1) is 25.3 Å². The van der Waals surface area contributed by atoms with Crippen LogP contribution in [0.4, 0.5) is 0 Å². The molecule has 0 aromatic rings. The van der Waals surface area contributed by atoms with Crippen LogP contribution in [0, 0.1) is 0 Å². The molecular weight excluding hydrogens is 240 g/mol. The van der Waals surface area contributed by atoms with Crippen molar-refractivity contribution in [2.45, 2.75) is 30.5 Å². The Balaban J connectivity index is 1.79. The molecule has 0 spiro atoms. The molecule has 0 bridgehead atoms. The zero-order chi connectivity index (χ0) is 12.6. The van der Waals surface area contributed by atoms with Crippen molar-refractivity contribution in [1.82, 2.24) is 5.32 Å². The van der Waals surface area contributed by atoms with Crippen molar-refractivity contribution in [2.24, 2.45) is 5.73 Å². The summed E-state index contributed by atoms with van der Waals surface area (Å²) < 4.78 is 11.4. The Morgan fingerprint density at radius 2 is 2.06 bits per heavy atom. The van der Waals surface area contributed by atoms with Crippen molar-refractivity contribution < 1.29 is 14.6 Å². The quantitative estimate of drug-likeness (QED) is 0.559. The first-order chi connectivity index (χ1) is 7.92. The van der Waals surface area contributed by atoms with Crippen LogP contribution in [-0.2, 0) is 9.47 Å². The van der Waals surface area contributed by atoms with Crippen molar-refractivity contribution in [1.29, 1.82) is 0 Å². The molecule has 5 unspecified atom stereocenters. The molecule has 4 N–H and O–H groups in total. The van der Waals surface area contributed by atoms with Crippen molar-refractivity contribution in [2.75, 3.05) is 37.7 Å². The van der Waals surface area contributed by atoms with Crippen LogP contribution in [0.5, 0.6) is 0 Å². The van der Waals surface area contributed by atoms with Gasteiger partial charge in [-0.05, 0) is 18.8 Å². The lowest BCUT2D eigenvalue weighted by Gasteiger charge is -2.33. The van der Waals surface area contributed by atoms with Crippen molar-refractivity contribution >= 4 is 10.0 Å². The number of hydrogen-bond donors (Lipinski definition) is 3. The Labute approximate surface area is 104 Å². The Hall–Kier alpha value is 0.150. The first-order valence-corrected chi connectivity index (χ1v) is 9.00. The molecule has 2 heterocycles. The van der Waals surface area contributed by atoms with Crippen LogP contribution < -0.4 is 11.1 Å². The van der Waals surface area contributed by atoms with Crippen LogP contribution >= 0.6 is 10.0 Å². The molecule has 2 fully saturated rings. The third kappa shape index (κ3) is 3.33. The van der Waals surface area contributed by atoms with Crippen LogP contribution in [0.1, 0.15) is 0 Å². The fourth-order valence-corrected chi connectivity index (χ4v) is 2.69. The molecule has 2 rings (SSSR count). The van der Waals surface area contributed by atoms with Gasteiger partial charge in [-0.25, -0.2) is 10.0 Å². The minimum Gasteiger partial charge on any atom is -0.394 e. The molecule has 0 aromatic heterocycles. The third-order valence-electron chi connectivity index (χ3n) is 3.26. The van der Waals surface area contributed by atoms with Gasteiger partial charge >= 0.3 is 0 Å². The van der Waals surface area contributed by atoms with Crippen molar-refractivity contribution in [3.63, 3.8) is 0 Å². The van der Waals surface area contributed by atoms with E-state index in [0.29, 0.717) is 6.61 Å². The molecule has 2 aliphatic rings. The van der Waals surface area contributed by atoms with Gasteiger partial charge < -0.3 is 25.6 Å². The average Bonchev–Trinajstić information content (AvgIpc) is 3.00. The SMILES string of the molecule is CS(C)(C)CCOC1OC(CO)C2NC2C1N. The number of rotatable bonds is 5. The number of hydrogen-bond acceptors (Lipinski definition) is 5. The molecule has 17 heavy (non-hydrogen) atoms. The third-order valence-corrected chi connectivity index (χ3v) is 4.65. The smallest absolute Gasteiger partial charge is 0.174 e. The molecule has 5 nitrogen and oxygen atoms in total. The van der Waals surface area contributed by atoms with Gasteiger partial charge in [-0.3, -0.25) is 0 Å². The van der Waals surface area contributed by atoms with E-state index in [-0.39, 0.29) is 37.1 Å². The summed E-state index contributed by atoms with van der Waals surface area (Å²) in [5, 5.41) is 12.4. The number of aliphatic hydroxyl groups excluding tert-OH is 1. The molecular formula is C11H24N2O3S. The second-order valence-corrected chi connectivity index (χ2v) is 10.3. The summed E-state index contributed by atoms with van der Waals surface area (Å²) in [4.78, 5) is 0. The lowest BCUT2D eigenvalue weighted by molar-refractivity contribution is -0.197. The monoisotopic (exact) mass is 264 g/mol. The molecule has 2 saturated heterocycles. The van der Waals surface area contributed by atoms with E-state index in [1.807, 2.05) is 0 Å². The number of nitrogens with one attached hydrogen (secondary N) is 1. The summed E-state index contributed by atoms with van der Waals surface area (Å²) in [6.07, 6.45) is 6.21. The number of nitrogens with two attached hydrogens (primary N) is 1. The van der Waals surface area contributed by atoms with E-state index < -0.39 is 10.0 Å². The topological polar surface area (TPSA) is 86.6 Å². The second kappa shape index (κ2) is 5.03. The summed E-state index contributed by atoms with van der Waals surface area (Å²) >= 11 is 0. The largest absolute Gasteiger partial charge is 0.394 e. The van der Waals surface area contributed by atoms with Gasteiger partial charge in [0.15, 0.2) is 6.29 Å². The van der Waals surface area contributed by atoms with Gasteiger partial charge in [-0.2, -0.15) is 0 Å². The maximum Gasteiger partial charge on any atom is 0.174 e. The fraction of sp³-hybridized carbons (Fsp3) is 1.00. The summed E-state index contributed by atoms with van der Waals surface area (Å²) in [6.45, 7) is 0.692. The highest BCUT2D eigenvalue weighted by molar-refractivity contribution is 8.32. The minimum absolute atomic E-state index is 0.0191. The van der Waals surface area contributed by atoms with Crippen LogP contribution in [-0.4, -0.2) is 73.4 Å². The van der Waals surface area contributed by atoms with Gasteiger partial charge in [0.1, 0.15) is 6.10 Å². The number of fused-ring (bicyclic) bond motifs is 1. The average molecular weight is 264 g/mol. The van der Waals surface area contributed by atoms with Crippen LogP contribution in [0.3, 0.4) is 0 Å². The van der Waals surface area contributed by atoms with Gasteiger partial charge in [0.25, 0.3) is 0 Å². The van der Waals surface area contributed by atoms with E-state index in [2.05, 4.69) is 24.1 Å². The van der Waals surface area contributed by atoms with Gasteiger partial charge in [0, 0.05) is 11.8 Å². The highest BCUT2D eigenvalue weighted by Crippen LogP contribution is 2.34. The van der Waals surface area contributed by atoms with E-state index in [9.17, 15) is 5.11 Å². The van der Waals surface area contributed by atoms with E-state index >= 15 is 0 Å². The summed E-state index contributed by atoms with van der Waals surface area (Å²) in [6, 6.07) is 0.328. The molecule has 0 saturated carbocycles. The Morgan fingerprint density at radius 1 is 1.35 bits per heavy atom. The van der Waals surface area contributed by atoms with Crippen molar-refractivity contribution in [3.8, 4) is 0 Å². The lowest BCUT2D eigenvalue weighted by atomic mass is 10.1. The number of aliphatic hydroxyl groups is 1. The number of ether oxygens (including phenoxy) is 2. The zero-order valence-corrected chi connectivity index (χ0v) is 11.6. The van der Waals surface area contributed by atoms with Gasteiger partial charge in [0.2, 0.25) is 0 Å². The highest BCUT2D eigenvalue weighted by Gasteiger charge is 2.54. The normalized spacial score (nSPS) is 42.1.